The molecule has 0 aliphatic heterocycles. The van der Waals surface area contributed by atoms with Crippen molar-refractivity contribution in [2.75, 3.05) is 0 Å². The van der Waals surface area contributed by atoms with Crippen LogP contribution in [-0.4, -0.2) is 19.5 Å². The smallest absolute Gasteiger partial charge is 0.0807 e. The molecule has 0 fully saturated rings. The SMILES string of the molecule is OC1CCCc2c1ccn2CCn1cccn1. The molecule has 0 radical (unpaired) electrons. The third kappa shape index (κ3) is 2.00. The summed E-state index contributed by atoms with van der Waals surface area (Å²) in [6.07, 6.45) is 8.67. The van der Waals surface area contributed by atoms with Gasteiger partial charge in [0.25, 0.3) is 0 Å². The molecule has 4 heteroatoms. The van der Waals surface area contributed by atoms with Gasteiger partial charge in [0.15, 0.2) is 0 Å². The summed E-state index contributed by atoms with van der Waals surface area (Å²) in [5, 5.41) is 14.1. The Morgan fingerprint density at radius 1 is 1.35 bits per heavy atom. The van der Waals surface area contributed by atoms with Gasteiger partial charge in [0.1, 0.15) is 0 Å². The molecule has 0 bridgehead atoms. The second kappa shape index (κ2) is 4.37. The van der Waals surface area contributed by atoms with Crippen molar-refractivity contribution in [3.8, 4) is 0 Å². The summed E-state index contributed by atoms with van der Waals surface area (Å²) in [5.74, 6) is 0. The largest absolute Gasteiger partial charge is 0.388 e. The predicted octanol–water partition coefficient (Wildman–Crippen LogP) is 1.75. The van der Waals surface area contributed by atoms with Gasteiger partial charge >= 0.3 is 0 Å². The van der Waals surface area contributed by atoms with E-state index in [2.05, 4.69) is 21.9 Å². The van der Waals surface area contributed by atoms with Gasteiger partial charge in [0.2, 0.25) is 0 Å². The van der Waals surface area contributed by atoms with Gasteiger partial charge in [-0.3, -0.25) is 4.68 Å². The molecule has 1 unspecified atom stereocenters. The van der Waals surface area contributed by atoms with E-state index < -0.39 is 0 Å². The molecule has 2 heterocycles. The van der Waals surface area contributed by atoms with Gasteiger partial charge in [-0.05, 0) is 31.4 Å². The molecule has 4 nitrogen and oxygen atoms in total. The van der Waals surface area contributed by atoms with Gasteiger partial charge in [-0.1, -0.05) is 0 Å². The van der Waals surface area contributed by atoms with Crippen LogP contribution < -0.4 is 0 Å². The van der Waals surface area contributed by atoms with E-state index in [9.17, 15) is 5.11 Å². The number of hydrogen-bond donors (Lipinski definition) is 1. The molecule has 1 N–H and O–H groups in total. The molecule has 3 rings (SSSR count). The van der Waals surface area contributed by atoms with Crippen LogP contribution in [0.15, 0.2) is 30.7 Å². The van der Waals surface area contributed by atoms with E-state index in [-0.39, 0.29) is 6.10 Å². The summed E-state index contributed by atoms with van der Waals surface area (Å²) in [4.78, 5) is 0. The highest BCUT2D eigenvalue weighted by Crippen LogP contribution is 2.30. The van der Waals surface area contributed by atoms with E-state index in [1.807, 2.05) is 16.9 Å². The van der Waals surface area contributed by atoms with Gasteiger partial charge in [0.05, 0.1) is 12.6 Å². The first kappa shape index (κ1) is 10.6. The zero-order chi connectivity index (χ0) is 11.7. The number of hydrogen-bond acceptors (Lipinski definition) is 2. The molecule has 0 amide bonds. The van der Waals surface area contributed by atoms with E-state index in [0.717, 1.165) is 37.9 Å². The maximum Gasteiger partial charge on any atom is 0.0807 e. The third-order valence-electron chi connectivity index (χ3n) is 3.49. The van der Waals surface area contributed by atoms with Crippen molar-refractivity contribution < 1.29 is 5.11 Å². The van der Waals surface area contributed by atoms with Crippen LogP contribution >= 0.6 is 0 Å². The summed E-state index contributed by atoms with van der Waals surface area (Å²) in [7, 11) is 0. The second-order valence-corrected chi connectivity index (χ2v) is 4.59. The molecule has 1 aliphatic rings. The van der Waals surface area contributed by atoms with Gasteiger partial charge in [-0.2, -0.15) is 5.10 Å². The minimum atomic E-state index is -0.260. The lowest BCUT2D eigenvalue weighted by atomic mass is 9.95. The average Bonchev–Trinajstić information content (AvgIpc) is 2.95. The van der Waals surface area contributed by atoms with E-state index in [4.69, 9.17) is 0 Å². The zero-order valence-corrected chi connectivity index (χ0v) is 9.79. The molecule has 0 saturated heterocycles. The molecule has 17 heavy (non-hydrogen) atoms. The summed E-state index contributed by atoms with van der Waals surface area (Å²) in [5.41, 5.74) is 2.42. The number of aliphatic hydroxyl groups is 1. The van der Waals surface area contributed by atoms with Gasteiger partial charge in [0, 0.05) is 36.4 Å². The van der Waals surface area contributed by atoms with E-state index in [0.29, 0.717) is 0 Å². The van der Waals surface area contributed by atoms with Crippen molar-refractivity contribution in [2.45, 2.75) is 38.5 Å². The lowest BCUT2D eigenvalue weighted by Crippen LogP contribution is -2.14. The summed E-state index contributed by atoms with van der Waals surface area (Å²) < 4.78 is 4.19. The zero-order valence-electron chi connectivity index (χ0n) is 9.79. The highest BCUT2D eigenvalue weighted by atomic mass is 16.3. The summed E-state index contributed by atoms with van der Waals surface area (Å²) in [6.45, 7) is 1.80. The number of fused-ring (bicyclic) bond motifs is 1. The minimum absolute atomic E-state index is 0.260. The average molecular weight is 231 g/mol. The van der Waals surface area contributed by atoms with Gasteiger partial charge in [-0.15, -0.1) is 0 Å². The lowest BCUT2D eigenvalue weighted by molar-refractivity contribution is 0.155. The normalized spacial score (nSPS) is 19.2. The van der Waals surface area contributed by atoms with Crippen LogP contribution in [-0.2, 0) is 19.5 Å². The number of aliphatic hydroxyl groups excluding tert-OH is 1. The van der Waals surface area contributed by atoms with Crippen molar-refractivity contribution >= 4 is 0 Å². The highest BCUT2D eigenvalue weighted by Gasteiger charge is 2.20. The molecular weight excluding hydrogens is 214 g/mol. The Bertz CT molecular complexity index is 487. The van der Waals surface area contributed by atoms with Crippen LogP contribution in [0.25, 0.3) is 0 Å². The van der Waals surface area contributed by atoms with E-state index in [1.54, 1.807) is 6.20 Å². The molecule has 2 aromatic heterocycles. The van der Waals surface area contributed by atoms with Crippen molar-refractivity contribution in [2.24, 2.45) is 0 Å². The van der Waals surface area contributed by atoms with E-state index in [1.165, 1.54) is 5.69 Å². The number of nitrogens with zero attached hydrogens (tertiary/aromatic N) is 3. The molecule has 0 saturated carbocycles. The number of aryl methyl sites for hydroxylation is 2. The Morgan fingerprint density at radius 3 is 3.12 bits per heavy atom. The highest BCUT2D eigenvalue weighted by molar-refractivity contribution is 5.27. The molecule has 1 aliphatic carbocycles. The van der Waals surface area contributed by atoms with Crippen molar-refractivity contribution in [3.63, 3.8) is 0 Å². The minimum Gasteiger partial charge on any atom is -0.388 e. The standard InChI is InChI=1S/C13H17N3O/c17-13-4-1-3-12-11(13)5-8-15(12)9-10-16-7-2-6-14-16/h2,5-8,13,17H,1,3-4,9-10H2. The van der Waals surface area contributed by atoms with Crippen LogP contribution in [0.3, 0.4) is 0 Å². The van der Waals surface area contributed by atoms with E-state index >= 15 is 0 Å². The monoisotopic (exact) mass is 231 g/mol. The Kier molecular flexibility index (Phi) is 2.73. The number of rotatable bonds is 3. The maximum absolute atomic E-state index is 9.90. The van der Waals surface area contributed by atoms with Crippen molar-refractivity contribution in [3.05, 3.63) is 42.0 Å². The molecule has 90 valence electrons. The summed E-state index contributed by atoms with van der Waals surface area (Å²) >= 11 is 0. The van der Waals surface area contributed by atoms with Crippen molar-refractivity contribution in [1.29, 1.82) is 0 Å². The fraction of sp³-hybridized carbons (Fsp3) is 0.462. The predicted molar refractivity (Wildman–Crippen MR) is 64.6 cm³/mol. The lowest BCUT2D eigenvalue weighted by Gasteiger charge is -2.20. The Balaban J connectivity index is 1.75. The Hall–Kier alpha value is -1.55. The van der Waals surface area contributed by atoms with Crippen LogP contribution in [0.1, 0.15) is 30.2 Å². The molecule has 1 atom stereocenters. The summed E-state index contributed by atoms with van der Waals surface area (Å²) in [6, 6.07) is 4.00. The van der Waals surface area contributed by atoms with Crippen LogP contribution in [0.4, 0.5) is 0 Å². The van der Waals surface area contributed by atoms with Gasteiger partial charge in [-0.25, -0.2) is 0 Å². The molecular formula is C13H17N3O. The Labute approximate surface area is 100 Å². The van der Waals surface area contributed by atoms with Crippen LogP contribution in [0, 0.1) is 0 Å². The Morgan fingerprint density at radius 2 is 2.29 bits per heavy atom. The van der Waals surface area contributed by atoms with Gasteiger partial charge < -0.3 is 9.67 Å². The quantitative estimate of drug-likeness (QED) is 0.874. The second-order valence-electron chi connectivity index (χ2n) is 4.59. The first-order valence-corrected chi connectivity index (χ1v) is 6.18. The first-order valence-electron chi connectivity index (χ1n) is 6.18. The third-order valence-corrected chi connectivity index (χ3v) is 3.49. The molecule has 2 aromatic rings. The van der Waals surface area contributed by atoms with Crippen LogP contribution in [0.5, 0.6) is 0 Å². The van der Waals surface area contributed by atoms with Crippen LogP contribution in [0.2, 0.25) is 0 Å². The number of aromatic nitrogens is 3. The first-order chi connectivity index (χ1) is 8.34. The fourth-order valence-electron chi connectivity index (χ4n) is 2.58. The van der Waals surface area contributed by atoms with Crippen molar-refractivity contribution in [1.82, 2.24) is 14.3 Å². The topological polar surface area (TPSA) is 43.0 Å². The molecule has 0 spiro atoms. The maximum atomic E-state index is 9.90. The fourth-order valence-corrected chi connectivity index (χ4v) is 2.58. The molecule has 0 aromatic carbocycles.